The molecular weight excluding hydrogens is 274 g/mol. The second-order valence-corrected chi connectivity index (χ2v) is 6.55. The van der Waals surface area contributed by atoms with E-state index in [1.165, 1.54) is 6.42 Å². The van der Waals surface area contributed by atoms with Crippen LogP contribution in [0.15, 0.2) is 0 Å². The van der Waals surface area contributed by atoms with E-state index in [-0.39, 0.29) is 12.4 Å². The predicted molar refractivity (Wildman–Crippen MR) is 85.1 cm³/mol. The first-order valence-corrected chi connectivity index (χ1v) is 7.78. The SMILES string of the molecule is CC1CC(CN)CN1CC(=O)N1C(C)CCCC1C.Cl. The highest BCUT2D eigenvalue weighted by atomic mass is 35.5. The predicted octanol–water partition coefficient (Wildman–Crippen LogP) is 1.87. The Balaban J connectivity index is 0.00000200. The van der Waals surface area contributed by atoms with Crippen molar-refractivity contribution in [2.24, 2.45) is 11.7 Å². The maximum Gasteiger partial charge on any atom is 0.237 e. The molecule has 2 fully saturated rings. The van der Waals surface area contributed by atoms with Crippen LogP contribution in [-0.4, -0.2) is 53.5 Å². The van der Waals surface area contributed by atoms with Gasteiger partial charge in [-0.15, -0.1) is 12.4 Å². The monoisotopic (exact) mass is 303 g/mol. The molecule has 4 nitrogen and oxygen atoms in total. The number of nitrogens with zero attached hydrogens (tertiary/aromatic N) is 2. The van der Waals surface area contributed by atoms with Crippen molar-refractivity contribution in [1.29, 1.82) is 0 Å². The smallest absolute Gasteiger partial charge is 0.237 e. The molecule has 2 aliphatic heterocycles. The van der Waals surface area contributed by atoms with Crippen molar-refractivity contribution in [2.45, 2.75) is 64.6 Å². The summed E-state index contributed by atoms with van der Waals surface area (Å²) in [6.07, 6.45) is 4.69. The van der Waals surface area contributed by atoms with Gasteiger partial charge < -0.3 is 10.6 Å². The summed E-state index contributed by atoms with van der Waals surface area (Å²) in [6.45, 7) is 8.89. The van der Waals surface area contributed by atoms with Gasteiger partial charge in [0.05, 0.1) is 6.54 Å². The second-order valence-electron chi connectivity index (χ2n) is 6.55. The molecule has 0 aliphatic carbocycles. The lowest BCUT2D eigenvalue weighted by Crippen LogP contribution is -2.51. The molecule has 4 unspecified atom stereocenters. The average molecular weight is 304 g/mol. The summed E-state index contributed by atoms with van der Waals surface area (Å²) in [5, 5.41) is 0. The summed E-state index contributed by atoms with van der Waals surface area (Å²) >= 11 is 0. The highest BCUT2D eigenvalue weighted by molar-refractivity contribution is 5.85. The molecule has 0 aromatic carbocycles. The van der Waals surface area contributed by atoms with Crippen molar-refractivity contribution >= 4 is 18.3 Å². The first-order valence-electron chi connectivity index (χ1n) is 7.78. The molecule has 2 saturated heterocycles. The molecule has 0 spiro atoms. The van der Waals surface area contributed by atoms with Crippen LogP contribution in [0.1, 0.15) is 46.5 Å². The summed E-state index contributed by atoms with van der Waals surface area (Å²) in [7, 11) is 0. The van der Waals surface area contributed by atoms with Crippen LogP contribution >= 0.6 is 12.4 Å². The molecule has 5 heteroatoms. The number of piperidine rings is 1. The van der Waals surface area contributed by atoms with Crippen LogP contribution in [0.25, 0.3) is 0 Å². The van der Waals surface area contributed by atoms with Crippen LogP contribution in [0.2, 0.25) is 0 Å². The Kier molecular flexibility index (Phi) is 6.76. The molecular formula is C15H30ClN3O. The summed E-state index contributed by atoms with van der Waals surface area (Å²) < 4.78 is 0. The molecule has 2 N–H and O–H groups in total. The number of amides is 1. The Morgan fingerprint density at radius 2 is 1.75 bits per heavy atom. The van der Waals surface area contributed by atoms with E-state index in [4.69, 9.17) is 5.73 Å². The summed E-state index contributed by atoms with van der Waals surface area (Å²) in [4.78, 5) is 17.0. The third kappa shape index (κ3) is 3.86. The van der Waals surface area contributed by atoms with Gasteiger partial charge in [-0.05, 0) is 58.9 Å². The van der Waals surface area contributed by atoms with E-state index >= 15 is 0 Å². The Bertz CT molecular complexity index is 316. The fraction of sp³-hybridized carbons (Fsp3) is 0.933. The molecule has 2 rings (SSSR count). The van der Waals surface area contributed by atoms with Crippen molar-refractivity contribution in [3.8, 4) is 0 Å². The standard InChI is InChI=1S/C15H29N3O.ClH/c1-11-5-4-6-12(2)18(11)15(19)10-17-9-14(8-16)7-13(17)3;/h11-14H,4-10,16H2,1-3H3;1H. The molecule has 0 bridgehead atoms. The minimum Gasteiger partial charge on any atom is -0.336 e. The number of carbonyl (C=O) groups excluding carboxylic acids is 1. The van der Waals surface area contributed by atoms with E-state index in [2.05, 4.69) is 30.6 Å². The van der Waals surface area contributed by atoms with E-state index in [0.29, 0.717) is 36.5 Å². The highest BCUT2D eigenvalue weighted by Crippen LogP contribution is 2.25. The minimum atomic E-state index is 0. The fourth-order valence-corrected chi connectivity index (χ4v) is 3.78. The zero-order chi connectivity index (χ0) is 14.0. The van der Waals surface area contributed by atoms with Gasteiger partial charge in [0.15, 0.2) is 0 Å². The number of nitrogens with two attached hydrogens (primary N) is 1. The van der Waals surface area contributed by atoms with E-state index in [1.54, 1.807) is 0 Å². The van der Waals surface area contributed by atoms with Gasteiger partial charge in [-0.3, -0.25) is 9.69 Å². The zero-order valence-electron chi connectivity index (χ0n) is 13.0. The molecule has 4 atom stereocenters. The van der Waals surface area contributed by atoms with E-state index in [9.17, 15) is 4.79 Å². The van der Waals surface area contributed by atoms with Gasteiger partial charge in [0.25, 0.3) is 0 Å². The average Bonchev–Trinajstić information content (AvgIpc) is 2.70. The van der Waals surface area contributed by atoms with Crippen LogP contribution in [0, 0.1) is 5.92 Å². The number of hydrogen-bond acceptors (Lipinski definition) is 3. The molecule has 0 saturated carbocycles. The summed E-state index contributed by atoms with van der Waals surface area (Å²) in [6, 6.07) is 1.30. The first kappa shape index (κ1) is 17.7. The van der Waals surface area contributed by atoms with Crippen molar-refractivity contribution < 1.29 is 4.79 Å². The van der Waals surface area contributed by atoms with Gasteiger partial charge >= 0.3 is 0 Å². The Labute approximate surface area is 129 Å². The summed E-state index contributed by atoms with van der Waals surface area (Å²) in [5.74, 6) is 0.878. The first-order chi connectivity index (χ1) is 9.02. The molecule has 118 valence electrons. The molecule has 20 heavy (non-hydrogen) atoms. The molecule has 2 aliphatic rings. The number of likely N-dealkylation sites (tertiary alicyclic amines) is 2. The van der Waals surface area contributed by atoms with E-state index in [1.807, 2.05) is 0 Å². The van der Waals surface area contributed by atoms with Crippen LogP contribution in [0.4, 0.5) is 0 Å². The number of rotatable bonds is 3. The van der Waals surface area contributed by atoms with Gasteiger partial charge in [0.1, 0.15) is 0 Å². The Morgan fingerprint density at radius 3 is 2.25 bits per heavy atom. The molecule has 1 amide bonds. The normalized spacial score (nSPS) is 34.9. The maximum atomic E-state index is 12.6. The summed E-state index contributed by atoms with van der Waals surface area (Å²) in [5.41, 5.74) is 5.75. The van der Waals surface area contributed by atoms with Crippen LogP contribution in [0.3, 0.4) is 0 Å². The van der Waals surface area contributed by atoms with E-state index < -0.39 is 0 Å². The molecule has 0 aromatic rings. The Morgan fingerprint density at radius 1 is 1.15 bits per heavy atom. The van der Waals surface area contributed by atoms with Crippen molar-refractivity contribution in [2.75, 3.05) is 19.6 Å². The Hall–Kier alpha value is -0.320. The third-order valence-electron chi connectivity index (χ3n) is 4.94. The minimum absolute atomic E-state index is 0. The topological polar surface area (TPSA) is 49.6 Å². The number of hydrogen-bond donors (Lipinski definition) is 1. The lowest BCUT2D eigenvalue weighted by Gasteiger charge is -2.40. The number of carbonyl (C=O) groups is 1. The highest BCUT2D eigenvalue weighted by Gasteiger charge is 2.33. The second kappa shape index (κ2) is 7.62. The maximum absolute atomic E-state index is 12.6. The van der Waals surface area contributed by atoms with Crippen LogP contribution < -0.4 is 5.73 Å². The van der Waals surface area contributed by atoms with Gasteiger partial charge in [0, 0.05) is 24.7 Å². The quantitative estimate of drug-likeness (QED) is 0.866. The fourth-order valence-electron chi connectivity index (χ4n) is 3.78. The lowest BCUT2D eigenvalue weighted by molar-refractivity contribution is -0.138. The van der Waals surface area contributed by atoms with Crippen molar-refractivity contribution in [3.63, 3.8) is 0 Å². The lowest BCUT2D eigenvalue weighted by atomic mass is 9.97. The zero-order valence-corrected chi connectivity index (χ0v) is 13.9. The largest absolute Gasteiger partial charge is 0.336 e. The van der Waals surface area contributed by atoms with Gasteiger partial charge in [0.2, 0.25) is 5.91 Å². The van der Waals surface area contributed by atoms with Crippen LogP contribution in [-0.2, 0) is 4.79 Å². The van der Waals surface area contributed by atoms with Gasteiger partial charge in [-0.1, -0.05) is 0 Å². The molecule has 0 radical (unpaired) electrons. The number of halogens is 1. The third-order valence-corrected chi connectivity index (χ3v) is 4.94. The van der Waals surface area contributed by atoms with E-state index in [0.717, 1.165) is 32.4 Å². The van der Waals surface area contributed by atoms with Crippen molar-refractivity contribution in [1.82, 2.24) is 9.80 Å². The van der Waals surface area contributed by atoms with Crippen LogP contribution in [0.5, 0.6) is 0 Å². The van der Waals surface area contributed by atoms with Crippen molar-refractivity contribution in [3.05, 3.63) is 0 Å². The molecule has 2 heterocycles. The van der Waals surface area contributed by atoms with Gasteiger partial charge in [-0.2, -0.15) is 0 Å². The van der Waals surface area contributed by atoms with Gasteiger partial charge in [-0.25, -0.2) is 0 Å². The molecule has 0 aromatic heterocycles.